The lowest BCUT2D eigenvalue weighted by Gasteiger charge is -2.04. The quantitative estimate of drug-likeness (QED) is 0.260. The second kappa shape index (κ2) is 8.69. The highest BCUT2D eigenvalue weighted by Gasteiger charge is 2.01. The third-order valence-electron chi connectivity index (χ3n) is 4.23. The highest BCUT2D eigenvalue weighted by atomic mass is 15.1. The van der Waals surface area contributed by atoms with Gasteiger partial charge in [-0.05, 0) is 53.1 Å². The van der Waals surface area contributed by atoms with E-state index in [4.69, 9.17) is 0 Å². The normalized spacial score (nSPS) is 11.3. The second-order valence-corrected chi connectivity index (χ2v) is 6.31. The first-order chi connectivity index (χ1) is 13.9. The molecular weight excluding hydrogens is 342 g/mol. The van der Waals surface area contributed by atoms with Crippen LogP contribution in [0.25, 0.3) is 11.1 Å². The van der Waals surface area contributed by atoms with Crippen LogP contribution in [-0.2, 0) is 0 Å². The van der Waals surface area contributed by atoms with Crippen LogP contribution in [0.5, 0.6) is 0 Å². The third kappa shape index (κ3) is 4.65. The summed E-state index contributed by atoms with van der Waals surface area (Å²) in [5.74, 6) is 0. The maximum absolute atomic E-state index is 4.59. The van der Waals surface area contributed by atoms with Gasteiger partial charge in [-0.3, -0.25) is 4.99 Å². The summed E-state index contributed by atoms with van der Waals surface area (Å²) in [6, 6.07) is 36.0. The molecule has 0 aliphatic carbocycles. The molecule has 0 radical (unpaired) electrons. The van der Waals surface area contributed by atoms with Crippen LogP contribution in [0.15, 0.2) is 124 Å². The summed E-state index contributed by atoms with van der Waals surface area (Å²) >= 11 is 0. The Balaban J connectivity index is 1.56. The van der Waals surface area contributed by atoms with Crippen molar-refractivity contribution in [1.29, 1.82) is 0 Å². The lowest BCUT2D eigenvalue weighted by molar-refractivity contribution is 1.23. The molecule has 0 heterocycles. The van der Waals surface area contributed by atoms with E-state index in [9.17, 15) is 0 Å². The molecule has 134 valence electrons. The Morgan fingerprint density at radius 3 is 1.71 bits per heavy atom. The fraction of sp³-hybridized carbons (Fsp3) is 0. The first-order valence-electron chi connectivity index (χ1n) is 9.13. The van der Waals surface area contributed by atoms with E-state index in [-0.39, 0.29) is 0 Å². The van der Waals surface area contributed by atoms with Crippen molar-refractivity contribution in [2.75, 3.05) is 0 Å². The summed E-state index contributed by atoms with van der Waals surface area (Å²) in [6.45, 7) is 0. The molecular formula is C25H19N3. The Hall–Kier alpha value is -3.85. The summed E-state index contributed by atoms with van der Waals surface area (Å²) in [5.41, 5.74) is 5.83. The van der Waals surface area contributed by atoms with Crippen LogP contribution in [0, 0.1) is 0 Å². The van der Waals surface area contributed by atoms with Crippen molar-refractivity contribution in [3.8, 4) is 11.1 Å². The maximum Gasteiger partial charge on any atom is 0.0863 e. The minimum Gasteiger partial charge on any atom is -0.256 e. The van der Waals surface area contributed by atoms with Gasteiger partial charge in [0, 0.05) is 6.21 Å². The first kappa shape index (κ1) is 17.6. The zero-order chi connectivity index (χ0) is 19.0. The zero-order valence-corrected chi connectivity index (χ0v) is 15.3. The average Bonchev–Trinajstić information content (AvgIpc) is 2.78. The molecule has 0 N–H and O–H groups in total. The van der Waals surface area contributed by atoms with Gasteiger partial charge < -0.3 is 0 Å². The molecule has 0 unspecified atom stereocenters. The number of aliphatic imine (C=N–C) groups is 1. The lowest BCUT2D eigenvalue weighted by atomic mass is 10.0. The molecule has 0 aromatic heterocycles. The fourth-order valence-corrected chi connectivity index (χ4v) is 2.81. The number of hydrogen-bond donors (Lipinski definition) is 0. The standard InChI is InChI=1S/C25H19N3/c1-3-9-20(10-4-1)19-26-24-15-7-11-21(17-24)22-12-8-16-25(18-22)28-27-23-13-5-2-6-14-23/h1-19H/b26-19+,28-27+. The molecule has 0 aliphatic heterocycles. The molecule has 0 bridgehead atoms. The molecule has 28 heavy (non-hydrogen) atoms. The van der Waals surface area contributed by atoms with Gasteiger partial charge >= 0.3 is 0 Å². The number of benzene rings is 4. The van der Waals surface area contributed by atoms with Crippen molar-refractivity contribution in [3.05, 3.63) is 115 Å². The van der Waals surface area contributed by atoms with Crippen LogP contribution >= 0.6 is 0 Å². The van der Waals surface area contributed by atoms with Crippen molar-refractivity contribution in [1.82, 2.24) is 0 Å². The minimum atomic E-state index is 0.819. The van der Waals surface area contributed by atoms with E-state index >= 15 is 0 Å². The van der Waals surface area contributed by atoms with Gasteiger partial charge in [-0.25, -0.2) is 0 Å². The van der Waals surface area contributed by atoms with Crippen LogP contribution in [0.2, 0.25) is 0 Å². The number of rotatable bonds is 5. The van der Waals surface area contributed by atoms with Gasteiger partial charge in [-0.15, -0.1) is 0 Å². The van der Waals surface area contributed by atoms with E-state index in [0.717, 1.165) is 33.8 Å². The van der Waals surface area contributed by atoms with E-state index in [0.29, 0.717) is 0 Å². The van der Waals surface area contributed by atoms with Crippen LogP contribution in [-0.4, -0.2) is 6.21 Å². The summed E-state index contributed by atoms with van der Waals surface area (Å²) in [5, 5.41) is 8.65. The molecule has 4 aromatic rings. The average molecular weight is 361 g/mol. The minimum absolute atomic E-state index is 0.819. The first-order valence-corrected chi connectivity index (χ1v) is 9.13. The SMILES string of the molecule is C(=N\c1cccc(-c2cccc(/N=N/c3ccccc3)c2)c1)/c1ccccc1. The predicted molar refractivity (Wildman–Crippen MR) is 116 cm³/mol. The van der Waals surface area contributed by atoms with E-state index in [2.05, 4.69) is 33.4 Å². The molecule has 0 aliphatic rings. The Morgan fingerprint density at radius 1 is 0.464 bits per heavy atom. The molecule has 0 fully saturated rings. The number of azo groups is 1. The van der Waals surface area contributed by atoms with Crippen LogP contribution in [0.4, 0.5) is 17.1 Å². The predicted octanol–water partition coefficient (Wildman–Crippen LogP) is 7.52. The summed E-state index contributed by atoms with van der Waals surface area (Å²) < 4.78 is 0. The lowest BCUT2D eigenvalue weighted by Crippen LogP contribution is -1.80. The molecule has 0 amide bonds. The van der Waals surface area contributed by atoms with Gasteiger partial charge in [0.25, 0.3) is 0 Å². The van der Waals surface area contributed by atoms with Crippen molar-refractivity contribution >= 4 is 23.3 Å². The van der Waals surface area contributed by atoms with Crippen LogP contribution < -0.4 is 0 Å². The molecule has 3 heteroatoms. The van der Waals surface area contributed by atoms with Gasteiger partial charge in [-0.2, -0.15) is 10.2 Å². The summed E-state index contributed by atoms with van der Waals surface area (Å²) in [4.78, 5) is 4.59. The Bertz CT molecular complexity index is 1010. The highest BCUT2D eigenvalue weighted by molar-refractivity contribution is 5.82. The summed E-state index contributed by atoms with van der Waals surface area (Å²) in [7, 11) is 0. The molecule has 4 rings (SSSR count). The molecule has 0 atom stereocenters. The summed E-state index contributed by atoms with van der Waals surface area (Å²) in [6.07, 6.45) is 1.88. The van der Waals surface area contributed by atoms with Crippen molar-refractivity contribution < 1.29 is 0 Å². The number of nitrogens with zero attached hydrogens (tertiary/aromatic N) is 3. The number of hydrogen-bond acceptors (Lipinski definition) is 3. The maximum atomic E-state index is 4.59. The molecule has 0 spiro atoms. The monoisotopic (exact) mass is 361 g/mol. The van der Waals surface area contributed by atoms with Gasteiger partial charge in [0.15, 0.2) is 0 Å². The highest BCUT2D eigenvalue weighted by Crippen LogP contribution is 2.28. The Kier molecular flexibility index (Phi) is 5.45. The van der Waals surface area contributed by atoms with E-state index in [1.165, 1.54) is 0 Å². The van der Waals surface area contributed by atoms with Gasteiger partial charge in [0.2, 0.25) is 0 Å². The zero-order valence-electron chi connectivity index (χ0n) is 15.3. The van der Waals surface area contributed by atoms with Crippen molar-refractivity contribution in [3.63, 3.8) is 0 Å². The Labute approximate surface area is 164 Å². The van der Waals surface area contributed by atoms with Gasteiger partial charge in [0.1, 0.15) is 0 Å². The molecule has 3 nitrogen and oxygen atoms in total. The van der Waals surface area contributed by atoms with E-state index < -0.39 is 0 Å². The molecule has 4 aromatic carbocycles. The van der Waals surface area contributed by atoms with Crippen molar-refractivity contribution in [2.45, 2.75) is 0 Å². The van der Waals surface area contributed by atoms with Gasteiger partial charge in [-0.1, -0.05) is 72.8 Å². The van der Waals surface area contributed by atoms with Crippen LogP contribution in [0.3, 0.4) is 0 Å². The molecule has 0 saturated heterocycles. The largest absolute Gasteiger partial charge is 0.256 e. The molecule has 0 saturated carbocycles. The topological polar surface area (TPSA) is 37.1 Å². The van der Waals surface area contributed by atoms with Crippen molar-refractivity contribution in [2.24, 2.45) is 15.2 Å². The fourth-order valence-electron chi connectivity index (χ4n) is 2.81. The third-order valence-corrected chi connectivity index (χ3v) is 4.23. The van der Waals surface area contributed by atoms with E-state index in [1.807, 2.05) is 97.2 Å². The second-order valence-electron chi connectivity index (χ2n) is 6.31. The Morgan fingerprint density at radius 2 is 1.00 bits per heavy atom. The van der Waals surface area contributed by atoms with E-state index in [1.54, 1.807) is 0 Å². The van der Waals surface area contributed by atoms with Gasteiger partial charge in [0.05, 0.1) is 17.1 Å². The smallest absolute Gasteiger partial charge is 0.0863 e. The van der Waals surface area contributed by atoms with Crippen LogP contribution in [0.1, 0.15) is 5.56 Å².